The molecule has 12 aromatic rings. The number of aliphatic hydroxyl groups excluding tert-OH is 4. The number of carbonyl (C=O) groups is 3. The number of fused-ring (bicyclic) bond motifs is 6. The molecule has 2 aliphatic rings. The zero-order chi connectivity index (χ0) is 98.0. The van der Waals surface area contributed by atoms with E-state index >= 15 is 0 Å². The Morgan fingerprint density at radius 2 is 0.992 bits per heavy atom. The fourth-order valence-electron chi connectivity index (χ4n) is 13.5. The molecule has 1 fully saturated rings. The molecule has 0 radical (unpaired) electrons. The van der Waals surface area contributed by atoms with E-state index in [2.05, 4.69) is 97.0 Å². The molecule has 24 heteroatoms. The van der Waals surface area contributed by atoms with Gasteiger partial charge in [0.25, 0.3) is 11.5 Å². The molecule has 14 rings (SSSR count). The second-order valence-electron chi connectivity index (χ2n) is 39.8. The van der Waals surface area contributed by atoms with Crippen molar-refractivity contribution >= 4 is 95.2 Å². The van der Waals surface area contributed by atoms with Crippen molar-refractivity contribution < 1.29 is 68.0 Å². The molecule has 0 unspecified atom stereocenters. The maximum atomic E-state index is 12.3. The van der Waals surface area contributed by atoms with E-state index in [0.29, 0.717) is 52.4 Å². The summed E-state index contributed by atoms with van der Waals surface area (Å²) in [5.74, 6) is 4.65. The average molecular weight is 1830 g/mol. The molecule has 9 aromatic carbocycles. The number of hydrogen-bond donors (Lipinski definition) is 6. The number of H-pyrrole nitrogens is 1. The molecule has 132 heavy (non-hydrogen) atoms. The molecule has 0 saturated carbocycles. The van der Waals surface area contributed by atoms with E-state index in [4.69, 9.17) is 60.1 Å². The minimum absolute atomic E-state index is 0.00272. The predicted molar refractivity (Wildman–Crippen MR) is 538 cm³/mol. The van der Waals surface area contributed by atoms with Gasteiger partial charge in [-0.2, -0.15) is 0 Å². The van der Waals surface area contributed by atoms with Crippen LogP contribution in [0.5, 0.6) is 28.7 Å². The first kappa shape index (κ1) is 107. The summed E-state index contributed by atoms with van der Waals surface area (Å²) in [4.78, 5) is 66.6. The van der Waals surface area contributed by atoms with Crippen molar-refractivity contribution in [2.24, 2.45) is 5.92 Å². The third-order valence-electron chi connectivity index (χ3n) is 19.0. The minimum Gasteiger partial charge on any atom is -0.488 e. The van der Waals surface area contributed by atoms with E-state index in [1.807, 2.05) is 258 Å². The van der Waals surface area contributed by atoms with Crippen LogP contribution in [0.25, 0.3) is 54.1 Å². The Morgan fingerprint density at radius 1 is 0.492 bits per heavy atom. The summed E-state index contributed by atoms with van der Waals surface area (Å²) >= 11 is 6.34. The van der Waals surface area contributed by atoms with E-state index in [1.165, 1.54) is 34.9 Å². The molecule has 23 nitrogen and oxygen atoms in total. The number of aryl methyl sites for hydroxylation is 2. The second kappa shape index (κ2) is 48.2. The van der Waals surface area contributed by atoms with E-state index in [-0.39, 0.29) is 66.5 Å². The minimum atomic E-state index is -0.487. The van der Waals surface area contributed by atoms with Crippen LogP contribution >= 0.6 is 11.6 Å². The summed E-state index contributed by atoms with van der Waals surface area (Å²) in [5.41, 5.74) is 8.89. The maximum Gasteiger partial charge on any atom is 0.412 e. The Bertz CT molecular complexity index is 5860. The van der Waals surface area contributed by atoms with Crippen LogP contribution in [0.3, 0.4) is 0 Å². The van der Waals surface area contributed by atoms with Crippen LogP contribution in [0.1, 0.15) is 220 Å². The molecule has 2 aliphatic heterocycles. The van der Waals surface area contributed by atoms with Crippen LogP contribution < -0.4 is 39.5 Å². The molecule has 0 spiro atoms. The molecule has 0 aliphatic carbocycles. The Kier molecular flexibility index (Phi) is 39.2. The van der Waals surface area contributed by atoms with Crippen molar-refractivity contribution in [1.82, 2.24) is 29.7 Å². The van der Waals surface area contributed by atoms with Gasteiger partial charge in [0.05, 0.1) is 53.9 Å². The highest BCUT2D eigenvalue weighted by Crippen LogP contribution is 2.38. The maximum absolute atomic E-state index is 12.3. The Labute approximate surface area is 786 Å². The zero-order valence-electron chi connectivity index (χ0n) is 82.8. The fourth-order valence-corrected chi connectivity index (χ4v) is 13.8. The number of ether oxygens (including phenoxy) is 7. The number of aromatic nitrogens is 3. The smallest absolute Gasteiger partial charge is 0.412 e. The standard InChI is InChI=1S/C17H21ClN2O3.C17H26N2O2.C16H24N2O3.C15H19NO2.C15H18O2.C14H16O.C10H9NO2.C4H10/c1-17(2,3)23-13-8-12(16(22)20(4)5)19-15-11(13)7-6-10(9-21)14(15)18;1-13-8-9-15(19-10-6-5-7-11-19)14(12-13)18-16(20)21-17(2,3)4;1-16(2,3)21-15(19)18-9-12-6-7-14(8-13(12)10-18)20-11-17(4)5;1-10-7-14(18-15(2,3)4)12-6-5-11(9-17)8-13(12)16-10;1-15(2,3)17-14-6-4-5-12-9-11(10-16)7-8-13(12)14;1-14(2,3)15-13-10-6-8-11-7-4-5-9-12(11)13;12-6-7-1-2-9-8(5-7)3-4-11-10(9)13;1-4(2)3/h6-8,21H,9H2,1-5H3;8-9,12H,5-7,10-11H2,1-4H3,(H,18,20);6-8H,9-11H2,1-5H3;5-8,17H,9H2,1-4H3;4-9,16H,10H2,1-3H3;4-10H,1-3H3;1-5,12H,6H2,(H,11,13);4H,1-3H3. The molecule has 0 bridgehead atoms. The number of anilines is 2. The molecule has 3 amide bonds. The number of amides is 3. The molecule has 712 valence electrons. The van der Waals surface area contributed by atoms with Crippen molar-refractivity contribution in [3.05, 3.63) is 254 Å². The number of piperidine rings is 1. The summed E-state index contributed by atoms with van der Waals surface area (Å²) in [6.07, 6.45) is 4.64. The number of carbonyl (C=O) groups excluding carboxylic acids is 3. The molecular formula is C108H143ClN8O15. The topological polar surface area (TPSA) is 280 Å². The first-order valence-corrected chi connectivity index (χ1v) is 45.4. The van der Waals surface area contributed by atoms with E-state index in [0.717, 1.165) is 120 Å². The van der Waals surface area contributed by atoms with Crippen LogP contribution in [-0.2, 0) is 49.0 Å². The lowest BCUT2D eigenvalue weighted by atomic mass is 10.1. The number of aromatic amines is 1. The number of halogens is 1. The summed E-state index contributed by atoms with van der Waals surface area (Å²) < 4.78 is 40.2. The number of pyridine rings is 3. The number of nitrogens with zero attached hydrogens (tertiary/aromatic N) is 6. The van der Waals surface area contributed by atoms with Gasteiger partial charge in [-0.25, -0.2) is 14.6 Å². The number of aliphatic hydroxyl groups is 4. The van der Waals surface area contributed by atoms with Gasteiger partial charge in [-0.15, -0.1) is 0 Å². The van der Waals surface area contributed by atoms with Crippen molar-refractivity contribution in [1.29, 1.82) is 0 Å². The monoisotopic (exact) mass is 1830 g/mol. The molecular weight excluding hydrogens is 1680 g/mol. The Morgan fingerprint density at radius 3 is 1.54 bits per heavy atom. The van der Waals surface area contributed by atoms with Crippen molar-refractivity contribution in [2.45, 2.75) is 252 Å². The van der Waals surface area contributed by atoms with Crippen LogP contribution in [0, 0.1) is 19.8 Å². The number of rotatable bonds is 14. The van der Waals surface area contributed by atoms with Crippen LogP contribution in [-0.4, -0.2) is 150 Å². The third-order valence-corrected chi connectivity index (χ3v) is 19.4. The second-order valence-corrected chi connectivity index (χ2v) is 40.2. The Hall–Kier alpha value is -11.6. The SMILES string of the molecule is CC(C)(C)Oc1cccc2cc(CO)ccc12.CC(C)(C)Oc1cccc2ccccc12.CC(C)C.CN(C)C(=O)c1cc(OC(C)(C)C)c2ccc(CO)c(Cl)c2n1.CN(C)COc1ccc2c(c1)CN(C(=O)OC(C)(C)C)C2.Cc1cc(OC(C)(C)C)c2ccc(CO)cc2n1.Cc1ccc(N2CCCCC2)c(NC(=O)OC(C)(C)C)c1.O=c1[nH]ccc2cc(CO)ccc12. The van der Waals surface area contributed by atoms with Gasteiger partial charge in [0, 0.05) is 91.2 Å². The third kappa shape index (κ3) is 35.5. The Balaban J connectivity index is 0.000000210. The highest BCUT2D eigenvalue weighted by atomic mass is 35.5. The van der Waals surface area contributed by atoms with Crippen LogP contribution in [0.4, 0.5) is 21.0 Å². The molecule has 1 saturated heterocycles. The lowest BCUT2D eigenvalue weighted by Gasteiger charge is -2.31. The van der Waals surface area contributed by atoms with Gasteiger partial charge in [0.15, 0.2) is 0 Å². The molecule has 5 heterocycles. The first-order valence-electron chi connectivity index (χ1n) is 45.0. The van der Waals surface area contributed by atoms with Crippen LogP contribution in [0.15, 0.2) is 193 Å². The van der Waals surface area contributed by atoms with Gasteiger partial charge >= 0.3 is 12.2 Å². The highest BCUT2D eigenvalue weighted by molar-refractivity contribution is 6.36. The zero-order valence-corrected chi connectivity index (χ0v) is 83.6. The van der Waals surface area contributed by atoms with Gasteiger partial charge in [-0.3, -0.25) is 29.7 Å². The van der Waals surface area contributed by atoms with Gasteiger partial charge in [0.1, 0.15) is 74.8 Å². The summed E-state index contributed by atoms with van der Waals surface area (Å²) in [7, 11) is 7.23. The quantitative estimate of drug-likeness (QED) is 0.0552. The lowest BCUT2D eigenvalue weighted by Crippen LogP contribution is -2.33. The fraction of sp³-hybridized carbons (Fsp3) is 0.426. The average Bonchev–Trinajstić information content (AvgIpc) is 0.885. The van der Waals surface area contributed by atoms with Crippen molar-refractivity contribution in [3.63, 3.8) is 0 Å². The van der Waals surface area contributed by atoms with Gasteiger partial charge in [0.2, 0.25) is 0 Å². The van der Waals surface area contributed by atoms with Gasteiger partial charge in [-0.1, -0.05) is 123 Å². The summed E-state index contributed by atoms with van der Waals surface area (Å²) in [6.45, 7) is 49.6. The summed E-state index contributed by atoms with van der Waals surface area (Å²) in [6, 6.07) is 58.5. The van der Waals surface area contributed by atoms with Crippen molar-refractivity contribution in [2.75, 3.05) is 58.2 Å². The van der Waals surface area contributed by atoms with Gasteiger partial charge in [-0.05, 0) is 312 Å². The van der Waals surface area contributed by atoms with Gasteiger partial charge < -0.3 is 68.4 Å². The highest BCUT2D eigenvalue weighted by Gasteiger charge is 2.30. The van der Waals surface area contributed by atoms with Crippen molar-refractivity contribution in [3.8, 4) is 28.7 Å². The van der Waals surface area contributed by atoms with Crippen LogP contribution in [0.2, 0.25) is 5.02 Å². The lowest BCUT2D eigenvalue weighted by molar-refractivity contribution is 0.0241. The normalized spacial score (nSPS) is 12.6. The molecule has 3 aromatic heterocycles. The largest absolute Gasteiger partial charge is 0.488 e. The van der Waals surface area contributed by atoms with E-state index in [1.54, 1.807) is 55.5 Å². The van der Waals surface area contributed by atoms with E-state index < -0.39 is 22.9 Å². The first-order chi connectivity index (χ1) is 61.7. The molecule has 6 N–H and O–H groups in total. The van der Waals surface area contributed by atoms with E-state index in [9.17, 15) is 24.3 Å². The predicted octanol–water partition coefficient (Wildman–Crippen LogP) is 23.8. The number of hydrogen-bond acceptors (Lipinski definition) is 19. The molecule has 0 atom stereocenters. The summed E-state index contributed by atoms with van der Waals surface area (Å²) in [5, 5.41) is 47.6. The number of benzene rings is 9. The number of nitrogens with one attached hydrogen (secondary N) is 2.